The molecule has 1 rings (SSSR count). The lowest BCUT2D eigenvalue weighted by molar-refractivity contribution is 0.0692. The van der Waals surface area contributed by atoms with Crippen molar-refractivity contribution in [2.45, 2.75) is 0 Å². The van der Waals surface area contributed by atoms with Crippen molar-refractivity contribution in [3.05, 3.63) is 29.3 Å². The van der Waals surface area contributed by atoms with Gasteiger partial charge in [0.05, 0.1) is 17.5 Å². The van der Waals surface area contributed by atoms with Gasteiger partial charge in [0.15, 0.2) is 0 Å². The molecule has 0 amide bonds. The van der Waals surface area contributed by atoms with Crippen molar-refractivity contribution in [3.8, 4) is 0 Å². The molecule has 8 heteroatoms. The van der Waals surface area contributed by atoms with E-state index in [0.29, 0.717) is 12.1 Å². The van der Waals surface area contributed by atoms with Crippen molar-refractivity contribution < 1.29 is 27.1 Å². The molecule has 1 aromatic carbocycles. The predicted molar refractivity (Wildman–Crippen MR) is 51.8 cm³/mol. The first kappa shape index (κ1) is 12.4. The van der Waals surface area contributed by atoms with Crippen LogP contribution in [0.3, 0.4) is 0 Å². The molecule has 0 atom stereocenters. The fourth-order valence-corrected chi connectivity index (χ4v) is 1.55. The Kier molecular flexibility index (Phi) is 3.13. The van der Waals surface area contributed by atoms with Gasteiger partial charge in [0.2, 0.25) is 10.0 Å². The molecule has 88 valence electrons. The van der Waals surface area contributed by atoms with Crippen molar-refractivity contribution in [3.63, 3.8) is 0 Å². The quantitative estimate of drug-likeness (QED) is 0.840. The molecule has 0 fully saturated rings. The average molecular weight is 251 g/mol. The third-order valence-electron chi connectivity index (χ3n) is 1.58. The van der Waals surface area contributed by atoms with Crippen LogP contribution >= 0.6 is 0 Å². The number of rotatable bonds is 3. The largest absolute Gasteiger partial charge is 0.478 e. The number of anilines is 1. The monoisotopic (exact) mass is 251 g/mol. The smallest absolute Gasteiger partial charge is 0.338 e. The van der Waals surface area contributed by atoms with Gasteiger partial charge >= 0.3 is 5.97 Å². The topological polar surface area (TPSA) is 83.5 Å². The summed E-state index contributed by atoms with van der Waals surface area (Å²) in [6.07, 6.45) is 0.760. The highest BCUT2D eigenvalue weighted by atomic mass is 32.2. The van der Waals surface area contributed by atoms with Crippen LogP contribution in [0.5, 0.6) is 0 Å². The summed E-state index contributed by atoms with van der Waals surface area (Å²) in [7, 11) is -3.76. The van der Waals surface area contributed by atoms with E-state index in [1.54, 1.807) is 4.72 Å². The highest BCUT2D eigenvalue weighted by Gasteiger charge is 2.16. The summed E-state index contributed by atoms with van der Waals surface area (Å²) >= 11 is 0. The molecule has 0 aliphatic heterocycles. The molecule has 0 heterocycles. The molecule has 0 aliphatic rings. The summed E-state index contributed by atoms with van der Waals surface area (Å²) in [5.41, 5.74) is -1.42. The lowest BCUT2D eigenvalue weighted by atomic mass is 10.2. The van der Waals surface area contributed by atoms with Gasteiger partial charge in [0, 0.05) is 6.07 Å². The lowest BCUT2D eigenvalue weighted by Gasteiger charge is -2.06. The zero-order chi connectivity index (χ0) is 12.5. The SMILES string of the molecule is CS(=O)(=O)Nc1cc(C(=O)O)c(F)cc1F. The van der Waals surface area contributed by atoms with Gasteiger partial charge in [-0.3, -0.25) is 4.72 Å². The van der Waals surface area contributed by atoms with Crippen LogP contribution in [0.25, 0.3) is 0 Å². The summed E-state index contributed by atoms with van der Waals surface area (Å²) in [4.78, 5) is 10.5. The van der Waals surface area contributed by atoms with Crippen molar-refractivity contribution >= 4 is 21.7 Å². The molecule has 0 aromatic heterocycles. The molecular weight excluding hydrogens is 244 g/mol. The minimum absolute atomic E-state index is 0.303. The Balaban J connectivity index is 3.31. The van der Waals surface area contributed by atoms with E-state index in [1.807, 2.05) is 0 Å². The third kappa shape index (κ3) is 2.89. The van der Waals surface area contributed by atoms with Crippen LogP contribution in [0, 0.1) is 11.6 Å². The number of nitrogens with one attached hydrogen (secondary N) is 1. The highest BCUT2D eigenvalue weighted by molar-refractivity contribution is 7.92. The number of carboxylic acid groups (broad SMARTS) is 1. The molecule has 1 aromatic rings. The minimum atomic E-state index is -3.76. The normalized spacial score (nSPS) is 11.2. The Hall–Kier alpha value is -1.70. The molecule has 2 N–H and O–H groups in total. The van der Waals surface area contributed by atoms with Crippen molar-refractivity contribution in [1.82, 2.24) is 0 Å². The van der Waals surface area contributed by atoms with Gasteiger partial charge in [-0.25, -0.2) is 22.0 Å². The van der Waals surface area contributed by atoms with Crippen LogP contribution in [0.2, 0.25) is 0 Å². The van der Waals surface area contributed by atoms with Crippen LogP contribution in [0.1, 0.15) is 10.4 Å². The van der Waals surface area contributed by atoms with Crippen LogP contribution in [0.15, 0.2) is 12.1 Å². The Morgan fingerprint density at radius 3 is 2.31 bits per heavy atom. The molecule has 16 heavy (non-hydrogen) atoms. The second-order valence-electron chi connectivity index (χ2n) is 2.99. The van der Waals surface area contributed by atoms with E-state index in [-0.39, 0.29) is 0 Å². The molecule has 0 saturated heterocycles. The van der Waals surface area contributed by atoms with E-state index in [2.05, 4.69) is 0 Å². The number of sulfonamides is 1. The van der Waals surface area contributed by atoms with E-state index in [4.69, 9.17) is 5.11 Å². The van der Waals surface area contributed by atoms with Crippen molar-refractivity contribution in [1.29, 1.82) is 0 Å². The molecular formula is C8H7F2NO4S. The van der Waals surface area contributed by atoms with Crippen LogP contribution in [0.4, 0.5) is 14.5 Å². The first-order valence-electron chi connectivity index (χ1n) is 3.91. The highest BCUT2D eigenvalue weighted by Crippen LogP contribution is 2.20. The van der Waals surface area contributed by atoms with E-state index in [0.717, 1.165) is 6.26 Å². The Bertz CT molecular complexity index is 541. The van der Waals surface area contributed by atoms with Gasteiger partial charge in [-0.05, 0) is 6.07 Å². The van der Waals surface area contributed by atoms with Gasteiger partial charge in [-0.1, -0.05) is 0 Å². The maximum Gasteiger partial charge on any atom is 0.338 e. The van der Waals surface area contributed by atoms with E-state index in [9.17, 15) is 22.0 Å². The summed E-state index contributed by atoms with van der Waals surface area (Å²) in [5.74, 6) is -4.08. The summed E-state index contributed by atoms with van der Waals surface area (Å²) in [6, 6.07) is 0.880. The second kappa shape index (κ2) is 4.05. The van der Waals surface area contributed by atoms with Crippen LogP contribution in [-0.2, 0) is 10.0 Å². The zero-order valence-electron chi connectivity index (χ0n) is 7.99. The van der Waals surface area contributed by atoms with E-state index in [1.165, 1.54) is 0 Å². The zero-order valence-corrected chi connectivity index (χ0v) is 8.81. The Morgan fingerprint density at radius 2 is 1.88 bits per heavy atom. The minimum Gasteiger partial charge on any atom is -0.478 e. The third-order valence-corrected chi connectivity index (χ3v) is 2.17. The van der Waals surface area contributed by atoms with Crippen molar-refractivity contribution in [2.24, 2.45) is 0 Å². The molecule has 0 spiro atoms. The fraction of sp³-hybridized carbons (Fsp3) is 0.125. The van der Waals surface area contributed by atoms with Gasteiger partial charge in [-0.2, -0.15) is 0 Å². The number of aromatic carboxylic acids is 1. The van der Waals surface area contributed by atoms with Gasteiger partial charge in [0.1, 0.15) is 11.6 Å². The molecule has 0 bridgehead atoms. The van der Waals surface area contributed by atoms with Gasteiger partial charge in [-0.15, -0.1) is 0 Å². The number of carbonyl (C=O) groups is 1. The first-order chi connectivity index (χ1) is 7.20. The Labute approximate surface area is 89.8 Å². The fourth-order valence-electron chi connectivity index (χ4n) is 0.991. The van der Waals surface area contributed by atoms with Crippen LogP contribution < -0.4 is 4.72 Å². The molecule has 5 nitrogen and oxygen atoms in total. The van der Waals surface area contributed by atoms with Crippen LogP contribution in [-0.4, -0.2) is 25.7 Å². The standard InChI is InChI=1S/C8H7F2NO4S/c1-16(14,15)11-7-2-4(8(12)13)5(9)3-6(7)10/h2-3,11H,1H3,(H,12,13). The number of halogens is 2. The second-order valence-corrected chi connectivity index (χ2v) is 4.74. The molecule has 0 radical (unpaired) electrons. The molecule has 0 unspecified atom stereocenters. The maximum absolute atomic E-state index is 13.1. The summed E-state index contributed by atoms with van der Waals surface area (Å²) in [5, 5.41) is 8.54. The van der Waals surface area contributed by atoms with E-state index >= 15 is 0 Å². The Morgan fingerprint density at radius 1 is 1.31 bits per heavy atom. The first-order valence-corrected chi connectivity index (χ1v) is 5.80. The van der Waals surface area contributed by atoms with E-state index < -0.39 is 38.9 Å². The summed E-state index contributed by atoms with van der Waals surface area (Å²) in [6.45, 7) is 0. The number of carboxylic acids is 1. The number of hydrogen-bond donors (Lipinski definition) is 2. The van der Waals surface area contributed by atoms with Gasteiger partial charge in [0.25, 0.3) is 0 Å². The number of hydrogen-bond acceptors (Lipinski definition) is 3. The van der Waals surface area contributed by atoms with Crippen molar-refractivity contribution in [2.75, 3.05) is 11.0 Å². The van der Waals surface area contributed by atoms with Gasteiger partial charge < -0.3 is 5.11 Å². The molecule has 0 saturated carbocycles. The maximum atomic E-state index is 13.1. The predicted octanol–water partition coefficient (Wildman–Crippen LogP) is 1.03. The molecule has 0 aliphatic carbocycles. The summed E-state index contributed by atoms with van der Waals surface area (Å²) < 4.78 is 49.3. The average Bonchev–Trinajstić information content (AvgIpc) is 2.07. The lowest BCUT2D eigenvalue weighted by Crippen LogP contribution is -2.12. The number of benzene rings is 1.